The quantitative estimate of drug-likeness (QED) is 0.481. The fraction of sp³-hybridized carbons (Fsp3) is 0.688. The van der Waals surface area contributed by atoms with Crippen LogP contribution in [-0.2, 0) is 24.3 Å². The molecule has 0 fully saturated rings. The van der Waals surface area contributed by atoms with Crippen molar-refractivity contribution in [2.24, 2.45) is 0 Å². The Bertz CT molecular complexity index is 336. The van der Waals surface area contributed by atoms with Gasteiger partial charge in [-0.1, -0.05) is 40.0 Å². The molecule has 0 aliphatic rings. The largest absolute Gasteiger partial charge is 0.323 e. The van der Waals surface area contributed by atoms with Crippen LogP contribution in [0.15, 0.2) is 18.5 Å². The van der Waals surface area contributed by atoms with Crippen molar-refractivity contribution in [2.75, 3.05) is 6.61 Å². The molecule has 2 nitrogen and oxygen atoms in total. The summed E-state index contributed by atoms with van der Waals surface area (Å²) in [6, 6.07) is 2.22. The molecule has 0 radical (unpaired) electrons. The molecule has 1 aromatic rings. The second-order valence-corrected chi connectivity index (χ2v) is 4.81. The molecule has 0 bridgehead atoms. The first kappa shape index (κ1) is 15.2. The van der Waals surface area contributed by atoms with E-state index in [0.29, 0.717) is 6.73 Å². The van der Waals surface area contributed by atoms with E-state index in [-0.39, 0.29) is 0 Å². The Balaban J connectivity index is 2.34. The topological polar surface area (TPSA) is 13.1 Å². The summed E-state index contributed by atoms with van der Waals surface area (Å²) in [4.78, 5) is 0. The molecule has 18 heavy (non-hydrogen) atoms. The molecule has 0 saturated carbocycles. The van der Waals surface area contributed by atoms with E-state index >= 15 is 0 Å². The van der Waals surface area contributed by atoms with E-state index in [1.807, 2.05) is 0 Å². The molecule has 2 heteroatoms. The molecule has 0 aromatic carbocycles. The summed E-state index contributed by atoms with van der Waals surface area (Å²) in [6.45, 7) is 8.22. The molecule has 0 N–H and O–H groups in total. The molecular formula is C16H28NO+. The molecule has 102 valence electrons. The maximum Gasteiger partial charge on any atom is 0.252 e. The average Bonchev–Trinajstić information content (AvgIpc) is 2.42. The Labute approximate surface area is 112 Å². The molecule has 0 aliphatic heterocycles. The van der Waals surface area contributed by atoms with Crippen LogP contribution in [0.5, 0.6) is 0 Å². The third-order valence-corrected chi connectivity index (χ3v) is 3.35. The predicted molar refractivity (Wildman–Crippen MR) is 75.5 cm³/mol. The zero-order valence-electron chi connectivity index (χ0n) is 12.2. The number of unbranched alkanes of at least 4 members (excludes halogenated alkanes) is 3. The van der Waals surface area contributed by atoms with Gasteiger partial charge in [0.05, 0.1) is 6.61 Å². The highest BCUT2D eigenvalue weighted by Crippen LogP contribution is 2.07. The van der Waals surface area contributed by atoms with E-state index in [9.17, 15) is 0 Å². The number of rotatable bonds is 9. The van der Waals surface area contributed by atoms with Crippen LogP contribution in [0.25, 0.3) is 0 Å². The SMILES string of the molecule is CCCCCCOC[n+]1ccc(CC)c(CC)c1. The van der Waals surface area contributed by atoms with Crippen LogP contribution in [-0.4, -0.2) is 6.61 Å². The van der Waals surface area contributed by atoms with Crippen LogP contribution in [0.2, 0.25) is 0 Å². The van der Waals surface area contributed by atoms with E-state index in [0.717, 1.165) is 19.4 Å². The predicted octanol–water partition coefficient (Wildman–Crippen LogP) is 3.65. The van der Waals surface area contributed by atoms with Crippen molar-refractivity contribution in [3.8, 4) is 0 Å². The van der Waals surface area contributed by atoms with Gasteiger partial charge in [-0.05, 0) is 24.8 Å². The van der Waals surface area contributed by atoms with Gasteiger partial charge in [-0.25, -0.2) is 0 Å². The van der Waals surface area contributed by atoms with Crippen molar-refractivity contribution < 1.29 is 9.30 Å². The monoisotopic (exact) mass is 250 g/mol. The second kappa shape index (κ2) is 9.09. The molecule has 0 aliphatic carbocycles. The van der Waals surface area contributed by atoms with Gasteiger partial charge in [0.25, 0.3) is 6.73 Å². The molecule has 0 saturated heterocycles. The van der Waals surface area contributed by atoms with Crippen LogP contribution < -0.4 is 4.57 Å². The summed E-state index contributed by atoms with van der Waals surface area (Å²) in [6.07, 6.45) is 11.6. The highest BCUT2D eigenvalue weighted by molar-refractivity contribution is 5.20. The number of pyridine rings is 1. The molecule has 0 unspecified atom stereocenters. The number of ether oxygens (including phenoxy) is 1. The smallest absolute Gasteiger partial charge is 0.252 e. The Morgan fingerprint density at radius 2 is 1.78 bits per heavy atom. The van der Waals surface area contributed by atoms with E-state index in [2.05, 4.69) is 43.8 Å². The van der Waals surface area contributed by atoms with Gasteiger partial charge in [-0.3, -0.25) is 0 Å². The first-order chi connectivity index (χ1) is 8.81. The number of nitrogens with zero attached hydrogens (tertiary/aromatic N) is 1. The van der Waals surface area contributed by atoms with E-state index in [1.54, 1.807) is 0 Å². The van der Waals surface area contributed by atoms with E-state index < -0.39 is 0 Å². The molecule has 1 heterocycles. The van der Waals surface area contributed by atoms with Gasteiger partial charge in [-0.2, -0.15) is 4.57 Å². The van der Waals surface area contributed by atoms with Crippen LogP contribution in [0, 0.1) is 0 Å². The van der Waals surface area contributed by atoms with Crippen molar-refractivity contribution >= 4 is 0 Å². The minimum Gasteiger partial charge on any atom is -0.323 e. The van der Waals surface area contributed by atoms with Crippen LogP contribution in [0.4, 0.5) is 0 Å². The Kier molecular flexibility index (Phi) is 7.66. The van der Waals surface area contributed by atoms with E-state index in [1.165, 1.54) is 36.8 Å². The number of hydrogen-bond donors (Lipinski definition) is 0. The van der Waals surface area contributed by atoms with E-state index in [4.69, 9.17) is 4.74 Å². The maximum atomic E-state index is 5.70. The Hall–Kier alpha value is -0.890. The molecule has 1 aromatic heterocycles. The van der Waals surface area contributed by atoms with Gasteiger partial charge < -0.3 is 4.74 Å². The first-order valence-corrected chi connectivity index (χ1v) is 7.40. The molecule has 0 spiro atoms. The molecular weight excluding hydrogens is 222 g/mol. The second-order valence-electron chi connectivity index (χ2n) is 4.81. The lowest BCUT2D eigenvalue weighted by Gasteiger charge is -2.05. The summed E-state index contributed by atoms with van der Waals surface area (Å²) in [5.41, 5.74) is 2.89. The zero-order valence-corrected chi connectivity index (χ0v) is 12.2. The summed E-state index contributed by atoms with van der Waals surface area (Å²) in [7, 11) is 0. The van der Waals surface area contributed by atoms with Gasteiger partial charge in [0.2, 0.25) is 0 Å². The standard InChI is InChI=1S/C16H28NO/c1-4-7-8-9-12-18-14-17-11-10-15(5-2)16(6-3)13-17/h10-11,13H,4-9,12,14H2,1-3H3/q+1. The first-order valence-electron chi connectivity index (χ1n) is 7.40. The summed E-state index contributed by atoms with van der Waals surface area (Å²) in [5, 5.41) is 0. The van der Waals surface area contributed by atoms with Gasteiger partial charge >= 0.3 is 0 Å². The fourth-order valence-corrected chi connectivity index (χ4v) is 2.16. The van der Waals surface area contributed by atoms with Crippen molar-refractivity contribution in [1.82, 2.24) is 0 Å². The van der Waals surface area contributed by atoms with Crippen LogP contribution in [0.1, 0.15) is 57.6 Å². The third kappa shape index (κ3) is 5.18. The minimum atomic E-state index is 0.684. The summed E-state index contributed by atoms with van der Waals surface area (Å²) in [5.74, 6) is 0. The lowest BCUT2D eigenvalue weighted by atomic mass is 10.1. The van der Waals surface area contributed by atoms with Crippen molar-refractivity contribution in [1.29, 1.82) is 0 Å². The minimum absolute atomic E-state index is 0.684. The third-order valence-electron chi connectivity index (χ3n) is 3.35. The van der Waals surface area contributed by atoms with Crippen LogP contribution >= 0.6 is 0 Å². The van der Waals surface area contributed by atoms with Crippen molar-refractivity contribution in [3.05, 3.63) is 29.6 Å². The van der Waals surface area contributed by atoms with Gasteiger partial charge in [0.1, 0.15) is 0 Å². The highest BCUT2D eigenvalue weighted by Gasteiger charge is 2.06. The lowest BCUT2D eigenvalue weighted by Crippen LogP contribution is -2.35. The number of aryl methyl sites for hydroxylation is 2. The lowest BCUT2D eigenvalue weighted by molar-refractivity contribution is -0.733. The molecule has 0 atom stereocenters. The normalized spacial score (nSPS) is 10.8. The van der Waals surface area contributed by atoms with Crippen LogP contribution in [0.3, 0.4) is 0 Å². The van der Waals surface area contributed by atoms with Crippen molar-refractivity contribution in [3.63, 3.8) is 0 Å². The van der Waals surface area contributed by atoms with Gasteiger partial charge in [-0.15, -0.1) is 0 Å². The molecule has 0 amide bonds. The van der Waals surface area contributed by atoms with Gasteiger partial charge in [0, 0.05) is 11.6 Å². The maximum absolute atomic E-state index is 5.70. The highest BCUT2D eigenvalue weighted by atomic mass is 16.5. The van der Waals surface area contributed by atoms with Gasteiger partial charge in [0.15, 0.2) is 12.4 Å². The number of aromatic nitrogens is 1. The summed E-state index contributed by atoms with van der Waals surface area (Å²) < 4.78 is 7.85. The van der Waals surface area contributed by atoms with Crippen molar-refractivity contribution in [2.45, 2.75) is 66.0 Å². The number of hydrogen-bond acceptors (Lipinski definition) is 1. The average molecular weight is 250 g/mol. The Morgan fingerprint density at radius 3 is 2.44 bits per heavy atom. The molecule has 1 rings (SSSR count). The summed E-state index contributed by atoms with van der Waals surface area (Å²) >= 11 is 0. The fourth-order valence-electron chi connectivity index (χ4n) is 2.16. The Morgan fingerprint density at radius 1 is 1.00 bits per heavy atom. The zero-order chi connectivity index (χ0) is 13.2.